The molecule has 0 aliphatic rings. The molecule has 0 spiro atoms. The van der Waals surface area contributed by atoms with Crippen LogP contribution in [0.1, 0.15) is 13.8 Å². The van der Waals surface area contributed by atoms with Crippen molar-refractivity contribution in [2.45, 2.75) is 13.8 Å². The summed E-state index contributed by atoms with van der Waals surface area (Å²) in [6, 6.07) is 16.9. The summed E-state index contributed by atoms with van der Waals surface area (Å²) in [6.45, 7) is 5.44. The van der Waals surface area contributed by atoms with E-state index in [2.05, 4.69) is 48.5 Å². The monoisotopic (exact) mass is 372 g/mol. The standard InChI is InChI=1S/C16H18O2Te/c1-3-17-13-5-9-15(10-6-13)19-16-11-7-14(8-12-16)18-4-2/h5-12H,3-4H2,1-2H3. The Balaban J connectivity index is 1.99. The summed E-state index contributed by atoms with van der Waals surface area (Å²) in [6.07, 6.45) is 0. The van der Waals surface area contributed by atoms with Crippen LogP contribution in [-0.2, 0) is 0 Å². The average Bonchev–Trinajstić information content (AvgIpc) is 2.44. The fourth-order valence-electron chi connectivity index (χ4n) is 1.68. The minimum absolute atomic E-state index is 0.320. The van der Waals surface area contributed by atoms with Crippen molar-refractivity contribution in [1.82, 2.24) is 0 Å². The van der Waals surface area contributed by atoms with E-state index in [1.54, 1.807) is 0 Å². The van der Waals surface area contributed by atoms with Gasteiger partial charge in [-0.1, -0.05) is 0 Å². The Hall–Kier alpha value is -1.17. The zero-order valence-electron chi connectivity index (χ0n) is 11.3. The number of ether oxygens (including phenoxy) is 2. The van der Waals surface area contributed by atoms with Gasteiger partial charge in [0.25, 0.3) is 0 Å². The molecule has 0 saturated carbocycles. The van der Waals surface area contributed by atoms with E-state index in [9.17, 15) is 0 Å². The number of hydrogen-bond donors (Lipinski definition) is 0. The molecule has 0 aliphatic heterocycles. The van der Waals surface area contributed by atoms with Crippen LogP contribution in [0.5, 0.6) is 11.5 Å². The molecule has 2 aromatic carbocycles. The number of benzene rings is 2. The summed E-state index contributed by atoms with van der Waals surface area (Å²) < 4.78 is 13.7. The first-order valence-electron chi connectivity index (χ1n) is 6.45. The van der Waals surface area contributed by atoms with Crippen molar-refractivity contribution in [3.8, 4) is 11.5 Å². The van der Waals surface area contributed by atoms with Gasteiger partial charge < -0.3 is 0 Å². The predicted molar refractivity (Wildman–Crippen MR) is 80.2 cm³/mol. The van der Waals surface area contributed by atoms with Gasteiger partial charge in [0.1, 0.15) is 0 Å². The summed E-state index contributed by atoms with van der Waals surface area (Å²) >= 11 is -0.320. The molecule has 2 rings (SSSR count). The van der Waals surface area contributed by atoms with Gasteiger partial charge in [0.2, 0.25) is 0 Å². The number of rotatable bonds is 6. The molecule has 0 unspecified atom stereocenters. The molecule has 0 radical (unpaired) electrons. The molecule has 0 N–H and O–H groups in total. The van der Waals surface area contributed by atoms with E-state index in [-0.39, 0.29) is 20.9 Å². The van der Waals surface area contributed by atoms with Gasteiger partial charge in [-0.25, -0.2) is 0 Å². The molecule has 3 heteroatoms. The second-order valence-electron chi connectivity index (χ2n) is 3.91. The SMILES string of the molecule is CCOc1ccc([Te]c2ccc(OCC)cc2)cc1. The van der Waals surface area contributed by atoms with Gasteiger partial charge in [-0.3, -0.25) is 0 Å². The van der Waals surface area contributed by atoms with Crippen LogP contribution in [0.4, 0.5) is 0 Å². The fourth-order valence-corrected chi connectivity index (χ4v) is 4.01. The second kappa shape index (κ2) is 7.43. The molecule has 0 aliphatic carbocycles. The minimum atomic E-state index is -0.320. The summed E-state index contributed by atoms with van der Waals surface area (Å²) in [7, 11) is 0. The van der Waals surface area contributed by atoms with Gasteiger partial charge in [0.05, 0.1) is 0 Å². The van der Waals surface area contributed by atoms with Gasteiger partial charge >= 0.3 is 125 Å². The molecular formula is C16H18O2Te. The Kier molecular flexibility index (Phi) is 5.57. The first-order valence-corrected chi connectivity index (χ1v) is 8.78. The molecule has 0 aromatic heterocycles. The van der Waals surface area contributed by atoms with Crippen LogP contribution in [0, 0.1) is 0 Å². The Labute approximate surface area is 124 Å². The van der Waals surface area contributed by atoms with E-state index < -0.39 is 0 Å². The van der Waals surface area contributed by atoms with E-state index >= 15 is 0 Å². The van der Waals surface area contributed by atoms with Crippen molar-refractivity contribution in [3.63, 3.8) is 0 Å². The first kappa shape index (κ1) is 14.2. The Morgan fingerprint density at radius 1 is 0.684 bits per heavy atom. The molecule has 0 heterocycles. The van der Waals surface area contributed by atoms with Gasteiger partial charge in [-0.15, -0.1) is 0 Å². The zero-order chi connectivity index (χ0) is 13.5. The van der Waals surface area contributed by atoms with Crippen molar-refractivity contribution in [2.75, 3.05) is 13.2 Å². The Morgan fingerprint density at radius 2 is 1.05 bits per heavy atom. The summed E-state index contributed by atoms with van der Waals surface area (Å²) in [5, 5.41) is 0. The quantitative estimate of drug-likeness (QED) is 0.726. The maximum atomic E-state index is 5.45. The van der Waals surface area contributed by atoms with Gasteiger partial charge in [0, 0.05) is 0 Å². The van der Waals surface area contributed by atoms with E-state index in [4.69, 9.17) is 9.47 Å². The van der Waals surface area contributed by atoms with Gasteiger partial charge in [-0.2, -0.15) is 0 Å². The Bertz CT molecular complexity index is 444. The first-order chi connectivity index (χ1) is 9.31. The molecule has 0 saturated heterocycles. The Morgan fingerprint density at radius 3 is 1.37 bits per heavy atom. The third-order valence-electron chi connectivity index (χ3n) is 2.51. The van der Waals surface area contributed by atoms with Gasteiger partial charge in [-0.05, 0) is 0 Å². The molecular weight excluding hydrogens is 352 g/mol. The summed E-state index contributed by atoms with van der Waals surface area (Å²) in [4.78, 5) is 0. The van der Waals surface area contributed by atoms with Crippen LogP contribution >= 0.6 is 0 Å². The molecule has 2 nitrogen and oxygen atoms in total. The van der Waals surface area contributed by atoms with Gasteiger partial charge in [0.15, 0.2) is 0 Å². The zero-order valence-corrected chi connectivity index (χ0v) is 13.6. The third-order valence-corrected chi connectivity index (χ3v) is 5.40. The van der Waals surface area contributed by atoms with Crippen LogP contribution in [0.15, 0.2) is 48.5 Å². The van der Waals surface area contributed by atoms with E-state index in [1.165, 1.54) is 7.22 Å². The van der Waals surface area contributed by atoms with Crippen molar-refractivity contribution in [2.24, 2.45) is 0 Å². The van der Waals surface area contributed by atoms with Crippen LogP contribution < -0.4 is 16.7 Å². The summed E-state index contributed by atoms with van der Waals surface area (Å²) in [5.74, 6) is 1.90. The molecule has 0 bridgehead atoms. The van der Waals surface area contributed by atoms with E-state index in [0.717, 1.165) is 24.7 Å². The summed E-state index contributed by atoms with van der Waals surface area (Å²) in [5.41, 5.74) is 0. The molecule has 100 valence electrons. The third kappa shape index (κ3) is 4.45. The van der Waals surface area contributed by atoms with E-state index in [0.29, 0.717) is 0 Å². The predicted octanol–water partition coefficient (Wildman–Crippen LogP) is 2.14. The second-order valence-corrected chi connectivity index (χ2v) is 7.18. The molecule has 19 heavy (non-hydrogen) atoms. The van der Waals surface area contributed by atoms with Crippen LogP contribution in [0.2, 0.25) is 0 Å². The number of hydrogen-bond acceptors (Lipinski definition) is 2. The van der Waals surface area contributed by atoms with E-state index in [1.807, 2.05) is 13.8 Å². The molecule has 2 aromatic rings. The molecule has 0 atom stereocenters. The van der Waals surface area contributed by atoms with Crippen molar-refractivity contribution in [1.29, 1.82) is 0 Å². The van der Waals surface area contributed by atoms with Crippen molar-refractivity contribution < 1.29 is 9.47 Å². The van der Waals surface area contributed by atoms with Crippen LogP contribution in [-0.4, -0.2) is 34.1 Å². The molecule has 0 fully saturated rings. The fraction of sp³-hybridized carbons (Fsp3) is 0.250. The van der Waals surface area contributed by atoms with Crippen molar-refractivity contribution >= 4 is 28.1 Å². The average molecular weight is 370 g/mol. The van der Waals surface area contributed by atoms with Crippen LogP contribution in [0.3, 0.4) is 0 Å². The maximum absolute atomic E-state index is 5.45. The van der Waals surface area contributed by atoms with Crippen molar-refractivity contribution in [3.05, 3.63) is 48.5 Å². The topological polar surface area (TPSA) is 18.5 Å². The van der Waals surface area contributed by atoms with Crippen LogP contribution in [0.25, 0.3) is 0 Å². The molecule has 0 amide bonds. The normalized spacial score (nSPS) is 10.2.